The van der Waals surface area contributed by atoms with Gasteiger partial charge in [-0.25, -0.2) is 4.39 Å². The van der Waals surface area contributed by atoms with Crippen LogP contribution in [0.4, 0.5) is 10.1 Å². The topological polar surface area (TPSA) is 50.4 Å². The average Bonchev–Trinajstić information content (AvgIpc) is 2.44. The SMILES string of the molecule is Cc1ccc(NC(N)=NCCc2ccc(F)cc2Cl)cc1.I. The maximum Gasteiger partial charge on any atom is 0.193 e. The smallest absolute Gasteiger partial charge is 0.193 e. The highest BCUT2D eigenvalue weighted by Gasteiger charge is 2.01. The summed E-state index contributed by atoms with van der Waals surface area (Å²) in [5.41, 5.74) is 8.74. The first-order chi connectivity index (χ1) is 10.0. The predicted octanol–water partition coefficient (Wildman–Crippen LogP) is 4.37. The molecule has 0 saturated heterocycles. The number of aliphatic imine (C=N–C) groups is 1. The third kappa shape index (κ3) is 5.81. The van der Waals surface area contributed by atoms with Gasteiger partial charge in [0.05, 0.1) is 0 Å². The van der Waals surface area contributed by atoms with Gasteiger partial charge in [-0.2, -0.15) is 0 Å². The zero-order valence-corrected chi connectivity index (χ0v) is 15.2. The molecule has 2 aromatic carbocycles. The molecule has 0 saturated carbocycles. The minimum absolute atomic E-state index is 0. The van der Waals surface area contributed by atoms with Gasteiger partial charge in [0.1, 0.15) is 5.82 Å². The second kappa shape index (κ2) is 8.95. The normalized spacial score (nSPS) is 11.0. The number of halogens is 3. The molecule has 0 aliphatic rings. The molecule has 0 aromatic heterocycles. The quantitative estimate of drug-likeness (QED) is 0.427. The summed E-state index contributed by atoms with van der Waals surface area (Å²) in [5, 5.41) is 3.43. The Hall–Kier alpha value is -1.34. The van der Waals surface area contributed by atoms with Crippen molar-refractivity contribution in [3.63, 3.8) is 0 Å². The van der Waals surface area contributed by atoms with Gasteiger partial charge in [-0.1, -0.05) is 35.4 Å². The minimum atomic E-state index is -0.340. The summed E-state index contributed by atoms with van der Waals surface area (Å²) in [6, 6.07) is 12.2. The molecule has 2 aromatic rings. The molecule has 0 aliphatic heterocycles. The van der Waals surface area contributed by atoms with Crippen LogP contribution in [0.2, 0.25) is 5.02 Å². The lowest BCUT2D eigenvalue weighted by Gasteiger charge is -2.06. The molecule has 3 N–H and O–H groups in total. The van der Waals surface area contributed by atoms with Crippen LogP contribution >= 0.6 is 35.6 Å². The second-order valence-electron chi connectivity index (χ2n) is 4.74. The molecule has 0 unspecified atom stereocenters. The van der Waals surface area contributed by atoms with Gasteiger partial charge < -0.3 is 11.1 Å². The highest BCUT2D eigenvalue weighted by Crippen LogP contribution is 2.17. The molecule has 0 atom stereocenters. The highest BCUT2D eigenvalue weighted by molar-refractivity contribution is 14.0. The summed E-state index contributed by atoms with van der Waals surface area (Å²) in [4.78, 5) is 4.23. The van der Waals surface area contributed by atoms with Gasteiger partial charge in [0.15, 0.2) is 5.96 Å². The van der Waals surface area contributed by atoms with Crippen LogP contribution in [0.15, 0.2) is 47.5 Å². The van der Waals surface area contributed by atoms with Gasteiger partial charge in [0, 0.05) is 17.3 Å². The third-order valence-corrected chi connectivity index (χ3v) is 3.35. The zero-order chi connectivity index (χ0) is 15.2. The van der Waals surface area contributed by atoms with Crippen molar-refractivity contribution in [3.8, 4) is 0 Å². The van der Waals surface area contributed by atoms with Gasteiger partial charge >= 0.3 is 0 Å². The van der Waals surface area contributed by atoms with E-state index in [9.17, 15) is 4.39 Å². The zero-order valence-electron chi connectivity index (χ0n) is 12.1. The molecule has 0 bridgehead atoms. The predicted molar refractivity (Wildman–Crippen MR) is 102 cm³/mol. The first kappa shape index (κ1) is 18.7. The first-order valence-electron chi connectivity index (χ1n) is 6.62. The van der Waals surface area contributed by atoms with Crippen LogP contribution in [0.3, 0.4) is 0 Å². The van der Waals surface area contributed by atoms with Crippen LogP contribution < -0.4 is 11.1 Å². The van der Waals surface area contributed by atoms with Gasteiger partial charge in [-0.3, -0.25) is 4.99 Å². The molecule has 0 amide bonds. The van der Waals surface area contributed by atoms with Crippen LogP contribution in [-0.4, -0.2) is 12.5 Å². The Morgan fingerprint density at radius 2 is 1.91 bits per heavy atom. The van der Waals surface area contributed by atoms with E-state index in [1.54, 1.807) is 6.07 Å². The summed E-state index contributed by atoms with van der Waals surface area (Å²) in [6.07, 6.45) is 0.607. The largest absolute Gasteiger partial charge is 0.370 e. The average molecular weight is 434 g/mol. The van der Waals surface area contributed by atoms with E-state index in [4.69, 9.17) is 17.3 Å². The number of hydrogen-bond acceptors (Lipinski definition) is 1. The fourth-order valence-corrected chi connectivity index (χ4v) is 2.11. The molecule has 118 valence electrons. The van der Waals surface area contributed by atoms with Crippen LogP contribution in [0.5, 0.6) is 0 Å². The molecule has 0 spiro atoms. The Labute approximate surface area is 151 Å². The number of anilines is 1. The number of nitrogens with two attached hydrogens (primary N) is 1. The molecule has 3 nitrogen and oxygen atoms in total. The molecule has 6 heteroatoms. The van der Waals surface area contributed by atoms with Crippen molar-refractivity contribution in [2.45, 2.75) is 13.3 Å². The van der Waals surface area contributed by atoms with E-state index < -0.39 is 0 Å². The molecule has 22 heavy (non-hydrogen) atoms. The van der Waals surface area contributed by atoms with Gasteiger partial charge in [0.2, 0.25) is 0 Å². The maximum absolute atomic E-state index is 12.9. The Morgan fingerprint density at radius 3 is 2.55 bits per heavy atom. The number of benzene rings is 2. The number of guanidine groups is 1. The summed E-state index contributed by atoms with van der Waals surface area (Å²) < 4.78 is 12.9. The van der Waals surface area contributed by atoms with Crippen molar-refractivity contribution in [1.82, 2.24) is 0 Å². The lowest BCUT2D eigenvalue weighted by atomic mass is 10.1. The van der Waals surface area contributed by atoms with E-state index in [0.717, 1.165) is 11.3 Å². The first-order valence-corrected chi connectivity index (χ1v) is 7.00. The van der Waals surface area contributed by atoms with Crippen molar-refractivity contribution >= 4 is 47.2 Å². The van der Waals surface area contributed by atoms with E-state index in [1.807, 2.05) is 31.2 Å². The third-order valence-electron chi connectivity index (χ3n) is 3.00. The standard InChI is InChI=1S/C16H17ClFN3.HI/c1-11-2-6-14(7-3-11)21-16(19)20-9-8-12-4-5-13(18)10-15(12)17;/h2-7,10H,8-9H2,1H3,(H3,19,20,21);1H. The van der Waals surface area contributed by atoms with Crippen LogP contribution in [0.25, 0.3) is 0 Å². The lowest BCUT2D eigenvalue weighted by molar-refractivity contribution is 0.627. The van der Waals surface area contributed by atoms with Crippen molar-refractivity contribution in [1.29, 1.82) is 0 Å². The van der Waals surface area contributed by atoms with E-state index >= 15 is 0 Å². The molecular formula is C16H18ClFIN3. The Morgan fingerprint density at radius 1 is 1.23 bits per heavy atom. The fourth-order valence-electron chi connectivity index (χ4n) is 1.85. The molecule has 2 rings (SSSR count). The van der Waals surface area contributed by atoms with E-state index in [0.29, 0.717) is 23.9 Å². The van der Waals surface area contributed by atoms with Gasteiger partial charge in [-0.15, -0.1) is 24.0 Å². The maximum atomic E-state index is 12.9. The van der Waals surface area contributed by atoms with Crippen LogP contribution in [-0.2, 0) is 6.42 Å². The van der Waals surface area contributed by atoms with Crippen LogP contribution in [0.1, 0.15) is 11.1 Å². The summed E-state index contributed by atoms with van der Waals surface area (Å²) >= 11 is 5.95. The Bertz CT molecular complexity index is 644. The van der Waals surface area contributed by atoms with E-state index in [-0.39, 0.29) is 29.8 Å². The number of nitrogens with zero attached hydrogens (tertiary/aromatic N) is 1. The monoisotopic (exact) mass is 433 g/mol. The number of rotatable bonds is 4. The summed E-state index contributed by atoms with van der Waals surface area (Å²) in [5.74, 6) is 0.00453. The highest BCUT2D eigenvalue weighted by atomic mass is 127. The van der Waals surface area contributed by atoms with E-state index in [2.05, 4.69) is 10.3 Å². The second-order valence-corrected chi connectivity index (χ2v) is 5.15. The van der Waals surface area contributed by atoms with E-state index in [1.165, 1.54) is 17.7 Å². The van der Waals surface area contributed by atoms with Crippen molar-refractivity contribution in [2.75, 3.05) is 11.9 Å². The fraction of sp³-hybridized carbons (Fsp3) is 0.188. The Balaban J connectivity index is 0.00000242. The summed E-state index contributed by atoms with van der Waals surface area (Å²) in [7, 11) is 0. The summed E-state index contributed by atoms with van der Waals surface area (Å²) in [6.45, 7) is 2.50. The minimum Gasteiger partial charge on any atom is -0.370 e. The molecule has 0 aliphatic carbocycles. The number of aryl methyl sites for hydroxylation is 1. The number of hydrogen-bond donors (Lipinski definition) is 2. The van der Waals surface area contributed by atoms with Crippen molar-refractivity contribution in [2.24, 2.45) is 10.7 Å². The molecule has 0 radical (unpaired) electrons. The van der Waals surface area contributed by atoms with Gasteiger partial charge in [-0.05, 0) is 43.2 Å². The van der Waals surface area contributed by atoms with Crippen molar-refractivity contribution in [3.05, 3.63) is 64.4 Å². The molecular weight excluding hydrogens is 416 g/mol. The molecule has 0 fully saturated rings. The number of nitrogens with one attached hydrogen (secondary N) is 1. The van der Waals surface area contributed by atoms with Gasteiger partial charge in [0.25, 0.3) is 0 Å². The lowest BCUT2D eigenvalue weighted by Crippen LogP contribution is -2.23. The Kier molecular flexibility index (Phi) is 7.61. The molecule has 0 heterocycles. The van der Waals surface area contributed by atoms with Crippen LogP contribution in [0, 0.1) is 12.7 Å². The van der Waals surface area contributed by atoms with Crippen molar-refractivity contribution < 1.29 is 4.39 Å².